The SMILES string of the molecule is CON=CCC1(NO)C(=O)N(C)N=C1c1ccc(F)cc1. The molecule has 0 spiro atoms. The van der Waals surface area contributed by atoms with E-state index in [1.54, 1.807) is 0 Å². The number of hydroxylamine groups is 1. The van der Waals surface area contributed by atoms with Crippen LogP contribution >= 0.6 is 0 Å². The Labute approximate surface area is 120 Å². The Kier molecular flexibility index (Phi) is 4.29. The standard InChI is InChI=1S/C13H15FN4O3/c1-18-12(19)13(17-20,7-8-15-21-2)11(16-18)9-3-5-10(14)6-4-9/h3-6,8,17,20H,7H2,1-2H3. The van der Waals surface area contributed by atoms with Crippen LogP contribution in [-0.2, 0) is 9.63 Å². The zero-order valence-electron chi connectivity index (χ0n) is 11.6. The number of likely N-dealkylation sites (N-methyl/N-ethyl adjacent to an activating group) is 1. The minimum atomic E-state index is -1.48. The van der Waals surface area contributed by atoms with Crippen molar-refractivity contribution in [2.24, 2.45) is 10.3 Å². The van der Waals surface area contributed by atoms with Gasteiger partial charge < -0.3 is 10.0 Å². The minimum absolute atomic E-state index is 0.0245. The molecule has 0 bridgehead atoms. The smallest absolute Gasteiger partial charge is 0.271 e. The van der Waals surface area contributed by atoms with E-state index in [0.717, 1.165) is 5.01 Å². The Bertz CT molecular complexity index is 588. The van der Waals surface area contributed by atoms with Gasteiger partial charge in [-0.1, -0.05) is 17.3 Å². The van der Waals surface area contributed by atoms with Crippen molar-refractivity contribution in [3.63, 3.8) is 0 Å². The molecule has 0 saturated heterocycles. The molecule has 1 atom stereocenters. The molecule has 112 valence electrons. The number of hydrogen-bond donors (Lipinski definition) is 2. The van der Waals surface area contributed by atoms with Crippen LogP contribution in [0.4, 0.5) is 4.39 Å². The van der Waals surface area contributed by atoms with Crippen molar-refractivity contribution >= 4 is 17.8 Å². The van der Waals surface area contributed by atoms with Gasteiger partial charge in [-0.05, 0) is 12.1 Å². The van der Waals surface area contributed by atoms with E-state index < -0.39 is 17.3 Å². The molecule has 21 heavy (non-hydrogen) atoms. The summed E-state index contributed by atoms with van der Waals surface area (Å²) in [4.78, 5) is 16.9. The molecule has 1 aliphatic heterocycles. The molecular formula is C13H15FN4O3. The first kappa shape index (κ1) is 15.1. The Morgan fingerprint density at radius 3 is 2.76 bits per heavy atom. The van der Waals surface area contributed by atoms with E-state index in [9.17, 15) is 14.4 Å². The molecule has 1 amide bonds. The maximum Gasteiger partial charge on any atom is 0.271 e. The number of rotatable bonds is 5. The first-order chi connectivity index (χ1) is 10.0. The van der Waals surface area contributed by atoms with Gasteiger partial charge in [0.15, 0.2) is 5.54 Å². The lowest BCUT2D eigenvalue weighted by Gasteiger charge is -2.25. The van der Waals surface area contributed by atoms with Crippen LogP contribution in [0.5, 0.6) is 0 Å². The third-order valence-electron chi connectivity index (χ3n) is 3.20. The zero-order valence-corrected chi connectivity index (χ0v) is 11.6. The number of hydrogen-bond acceptors (Lipinski definition) is 6. The van der Waals surface area contributed by atoms with Gasteiger partial charge in [0.05, 0.1) is 0 Å². The third kappa shape index (κ3) is 2.63. The maximum absolute atomic E-state index is 13.0. The van der Waals surface area contributed by atoms with E-state index in [1.807, 2.05) is 5.48 Å². The predicted molar refractivity (Wildman–Crippen MR) is 73.5 cm³/mol. The molecule has 2 N–H and O–H groups in total. The molecule has 1 aliphatic rings. The Morgan fingerprint density at radius 2 is 2.19 bits per heavy atom. The Morgan fingerprint density at radius 1 is 1.52 bits per heavy atom. The number of amides is 1. The highest BCUT2D eigenvalue weighted by Gasteiger charge is 2.50. The first-order valence-electron chi connectivity index (χ1n) is 6.14. The van der Waals surface area contributed by atoms with Crippen molar-refractivity contribution in [1.82, 2.24) is 10.5 Å². The summed E-state index contributed by atoms with van der Waals surface area (Å²) >= 11 is 0. The van der Waals surface area contributed by atoms with Gasteiger partial charge in [-0.25, -0.2) is 9.40 Å². The molecule has 8 heteroatoms. The highest BCUT2D eigenvalue weighted by atomic mass is 19.1. The van der Waals surface area contributed by atoms with Crippen LogP contribution in [0.3, 0.4) is 0 Å². The van der Waals surface area contributed by atoms with Gasteiger partial charge in [0.1, 0.15) is 18.6 Å². The van der Waals surface area contributed by atoms with E-state index in [1.165, 1.54) is 44.6 Å². The maximum atomic E-state index is 13.0. The quantitative estimate of drug-likeness (QED) is 0.619. The van der Waals surface area contributed by atoms with Gasteiger partial charge in [0, 0.05) is 25.2 Å². The molecule has 1 heterocycles. The summed E-state index contributed by atoms with van der Waals surface area (Å²) in [6.45, 7) is 0. The molecular weight excluding hydrogens is 279 g/mol. The largest absolute Gasteiger partial charge is 0.399 e. The number of carbonyl (C=O) groups excluding carboxylic acids is 1. The Hall–Kier alpha value is -2.32. The molecule has 0 aliphatic carbocycles. The van der Waals surface area contributed by atoms with Crippen LogP contribution in [-0.4, -0.2) is 47.7 Å². The van der Waals surface area contributed by atoms with Crippen LogP contribution in [0.2, 0.25) is 0 Å². The number of halogens is 1. The van der Waals surface area contributed by atoms with Crippen molar-refractivity contribution in [1.29, 1.82) is 0 Å². The van der Waals surface area contributed by atoms with Crippen molar-refractivity contribution in [2.45, 2.75) is 12.0 Å². The summed E-state index contributed by atoms with van der Waals surface area (Å²) in [5, 5.41) is 18.3. The lowest BCUT2D eigenvalue weighted by molar-refractivity contribution is -0.135. The summed E-state index contributed by atoms with van der Waals surface area (Å²) < 4.78 is 13.0. The van der Waals surface area contributed by atoms with Crippen molar-refractivity contribution in [3.05, 3.63) is 35.6 Å². The Balaban J connectivity index is 2.44. The fourth-order valence-corrected chi connectivity index (χ4v) is 2.15. The number of benzene rings is 1. The lowest BCUT2D eigenvalue weighted by Crippen LogP contribution is -2.56. The van der Waals surface area contributed by atoms with Gasteiger partial charge in [0.25, 0.3) is 5.91 Å². The van der Waals surface area contributed by atoms with Crippen molar-refractivity contribution in [2.75, 3.05) is 14.2 Å². The van der Waals surface area contributed by atoms with Crippen LogP contribution < -0.4 is 5.48 Å². The number of hydrazone groups is 1. The highest BCUT2D eigenvalue weighted by Crippen LogP contribution is 2.26. The van der Waals surface area contributed by atoms with Crippen molar-refractivity contribution < 1.29 is 19.2 Å². The third-order valence-corrected chi connectivity index (χ3v) is 3.20. The number of nitrogens with one attached hydrogen (secondary N) is 1. The molecule has 0 saturated carbocycles. The topological polar surface area (TPSA) is 86.5 Å². The molecule has 1 aromatic rings. The first-order valence-corrected chi connectivity index (χ1v) is 6.14. The van der Waals surface area contributed by atoms with E-state index in [-0.39, 0.29) is 12.1 Å². The monoisotopic (exact) mass is 294 g/mol. The van der Waals surface area contributed by atoms with E-state index in [4.69, 9.17) is 0 Å². The molecule has 2 rings (SSSR count). The lowest BCUT2D eigenvalue weighted by atomic mass is 9.86. The summed E-state index contributed by atoms with van der Waals surface area (Å²) in [6, 6.07) is 5.48. The summed E-state index contributed by atoms with van der Waals surface area (Å²) in [6.07, 6.45) is 1.37. The second-order valence-corrected chi connectivity index (χ2v) is 4.48. The summed E-state index contributed by atoms with van der Waals surface area (Å²) in [5.41, 5.74) is 1.33. The van der Waals surface area contributed by atoms with Crippen molar-refractivity contribution in [3.8, 4) is 0 Å². The minimum Gasteiger partial charge on any atom is -0.399 e. The van der Waals surface area contributed by atoms with Crippen LogP contribution in [0.1, 0.15) is 12.0 Å². The van der Waals surface area contributed by atoms with E-state index in [0.29, 0.717) is 5.56 Å². The molecule has 0 fully saturated rings. The van der Waals surface area contributed by atoms with Crippen LogP contribution in [0.15, 0.2) is 34.5 Å². The van der Waals surface area contributed by atoms with E-state index in [2.05, 4.69) is 15.1 Å². The molecule has 7 nitrogen and oxygen atoms in total. The fourth-order valence-electron chi connectivity index (χ4n) is 2.15. The predicted octanol–water partition coefficient (Wildman–Crippen LogP) is 0.742. The number of carbonyl (C=O) groups is 1. The normalized spacial score (nSPS) is 22.0. The van der Waals surface area contributed by atoms with Crippen LogP contribution in [0.25, 0.3) is 0 Å². The summed E-state index contributed by atoms with van der Waals surface area (Å²) in [5.74, 6) is -0.854. The van der Waals surface area contributed by atoms with Gasteiger partial charge in [-0.3, -0.25) is 4.79 Å². The molecule has 1 aromatic carbocycles. The number of nitrogens with zero attached hydrogens (tertiary/aromatic N) is 3. The number of oxime groups is 1. The second-order valence-electron chi connectivity index (χ2n) is 4.48. The fraction of sp³-hybridized carbons (Fsp3) is 0.308. The van der Waals surface area contributed by atoms with Gasteiger partial charge in [-0.15, -0.1) is 0 Å². The zero-order chi connectivity index (χ0) is 15.5. The van der Waals surface area contributed by atoms with E-state index >= 15 is 0 Å². The molecule has 1 unspecified atom stereocenters. The molecule has 0 radical (unpaired) electrons. The van der Waals surface area contributed by atoms with Gasteiger partial charge >= 0.3 is 0 Å². The summed E-state index contributed by atoms with van der Waals surface area (Å²) in [7, 11) is 2.84. The average Bonchev–Trinajstić information content (AvgIpc) is 2.74. The van der Waals surface area contributed by atoms with Gasteiger partial charge in [-0.2, -0.15) is 10.6 Å². The van der Waals surface area contributed by atoms with Crippen LogP contribution in [0, 0.1) is 5.82 Å². The second kappa shape index (κ2) is 5.98. The van der Waals surface area contributed by atoms with Gasteiger partial charge in [0.2, 0.25) is 0 Å². The average molecular weight is 294 g/mol. The highest BCUT2D eigenvalue weighted by molar-refractivity contribution is 6.24. The molecule has 0 aromatic heterocycles.